The van der Waals surface area contributed by atoms with E-state index in [0.29, 0.717) is 6.42 Å². The van der Waals surface area contributed by atoms with Crippen molar-refractivity contribution in [1.29, 1.82) is 0 Å². The summed E-state index contributed by atoms with van der Waals surface area (Å²) in [6.45, 7) is 3.68. The van der Waals surface area contributed by atoms with Gasteiger partial charge in [-0.2, -0.15) is 4.31 Å². The molecule has 1 aliphatic heterocycles. The van der Waals surface area contributed by atoms with E-state index in [2.05, 4.69) is 15.9 Å². The number of hydrogen-bond donors (Lipinski definition) is 0. The maximum atomic E-state index is 12.8. The predicted molar refractivity (Wildman–Crippen MR) is 85.4 cm³/mol. The summed E-state index contributed by atoms with van der Waals surface area (Å²) in [5.41, 5.74) is -0.876. The number of benzene rings is 1. The molecule has 118 valence electrons. The van der Waals surface area contributed by atoms with Crippen molar-refractivity contribution in [3.8, 4) is 0 Å². The van der Waals surface area contributed by atoms with Gasteiger partial charge in [0.15, 0.2) is 9.84 Å². The molecule has 2 rings (SSSR count). The van der Waals surface area contributed by atoms with Crippen LogP contribution in [0.3, 0.4) is 0 Å². The summed E-state index contributed by atoms with van der Waals surface area (Å²) >= 11 is 3.27. The Kier molecular flexibility index (Phi) is 4.55. The second-order valence-electron chi connectivity index (χ2n) is 5.46. The smallest absolute Gasteiger partial charge is 0.229 e. The summed E-state index contributed by atoms with van der Waals surface area (Å²) < 4.78 is 51.2. The van der Waals surface area contributed by atoms with Crippen LogP contribution in [-0.2, 0) is 19.9 Å². The third-order valence-corrected chi connectivity index (χ3v) is 8.34. The van der Waals surface area contributed by atoms with Gasteiger partial charge in [-0.25, -0.2) is 16.8 Å². The molecule has 1 atom stereocenters. The first-order valence-corrected chi connectivity index (χ1v) is 10.6. The molecular formula is C13H18BrNO4S2. The minimum absolute atomic E-state index is 0.0376. The van der Waals surface area contributed by atoms with Crippen LogP contribution in [0.4, 0.5) is 0 Å². The minimum Gasteiger partial charge on any atom is -0.229 e. The Morgan fingerprint density at radius 2 is 1.86 bits per heavy atom. The van der Waals surface area contributed by atoms with Gasteiger partial charge in [-0.05, 0) is 37.6 Å². The van der Waals surface area contributed by atoms with Gasteiger partial charge in [-0.15, -0.1) is 0 Å². The van der Waals surface area contributed by atoms with Crippen molar-refractivity contribution in [2.75, 3.05) is 18.1 Å². The lowest BCUT2D eigenvalue weighted by molar-refractivity contribution is 0.243. The maximum Gasteiger partial charge on any atom is 0.243 e. The zero-order valence-electron chi connectivity index (χ0n) is 11.9. The molecule has 0 unspecified atom stereocenters. The monoisotopic (exact) mass is 395 g/mol. The van der Waals surface area contributed by atoms with Crippen LogP contribution in [0.2, 0.25) is 0 Å². The van der Waals surface area contributed by atoms with Gasteiger partial charge in [0.1, 0.15) is 0 Å². The van der Waals surface area contributed by atoms with Crippen LogP contribution in [0, 0.1) is 0 Å². The van der Waals surface area contributed by atoms with E-state index in [9.17, 15) is 16.8 Å². The zero-order valence-corrected chi connectivity index (χ0v) is 15.1. The molecular weight excluding hydrogens is 378 g/mol. The fraction of sp³-hybridized carbons (Fsp3) is 0.538. The highest BCUT2D eigenvalue weighted by atomic mass is 79.9. The second kappa shape index (κ2) is 5.64. The molecule has 1 fully saturated rings. The molecule has 0 bridgehead atoms. The SMILES string of the molecule is CCN([C@]1(C)CCS(=O)(=O)C1)S(=O)(=O)c1ccc(Br)cc1. The standard InChI is InChI=1S/C13H18BrNO4S2/c1-3-15(13(2)8-9-20(16,17)10-13)21(18,19)12-6-4-11(14)5-7-12/h4-7H,3,8-10H2,1-2H3/t13-/m1/s1. The highest BCUT2D eigenvalue weighted by Gasteiger charge is 2.47. The first-order valence-electron chi connectivity index (χ1n) is 6.60. The van der Waals surface area contributed by atoms with E-state index in [1.807, 2.05) is 0 Å². The first-order chi connectivity index (χ1) is 9.61. The normalized spacial score (nSPS) is 25.3. The Hall–Kier alpha value is -0.440. The van der Waals surface area contributed by atoms with Crippen molar-refractivity contribution in [3.63, 3.8) is 0 Å². The van der Waals surface area contributed by atoms with Crippen molar-refractivity contribution >= 4 is 35.8 Å². The second-order valence-corrected chi connectivity index (χ2v) is 10.4. The van der Waals surface area contributed by atoms with Gasteiger partial charge < -0.3 is 0 Å². The number of sulfone groups is 1. The highest BCUT2D eigenvalue weighted by Crippen LogP contribution is 2.34. The van der Waals surface area contributed by atoms with Crippen LogP contribution in [0.1, 0.15) is 20.3 Å². The summed E-state index contributed by atoms with van der Waals surface area (Å²) in [5, 5.41) is 0. The van der Waals surface area contributed by atoms with E-state index in [4.69, 9.17) is 0 Å². The molecule has 0 saturated carbocycles. The number of halogens is 1. The van der Waals surface area contributed by atoms with Crippen molar-refractivity contribution in [3.05, 3.63) is 28.7 Å². The molecule has 0 N–H and O–H groups in total. The average Bonchev–Trinajstić information content (AvgIpc) is 2.65. The van der Waals surface area contributed by atoms with Gasteiger partial charge in [0.25, 0.3) is 0 Å². The maximum absolute atomic E-state index is 12.8. The molecule has 5 nitrogen and oxygen atoms in total. The van der Waals surface area contributed by atoms with Gasteiger partial charge in [0, 0.05) is 16.6 Å². The van der Waals surface area contributed by atoms with Crippen LogP contribution in [-0.4, -0.2) is 44.7 Å². The Bertz CT molecular complexity index is 728. The van der Waals surface area contributed by atoms with Crippen LogP contribution in [0.25, 0.3) is 0 Å². The summed E-state index contributed by atoms with van der Waals surface area (Å²) in [5.74, 6) is -0.0839. The van der Waals surface area contributed by atoms with Gasteiger partial charge in [-0.1, -0.05) is 22.9 Å². The van der Waals surface area contributed by atoms with Gasteiger partial charge in [0.05, 0.1) is 16.4 Å². The predicted octanol–water partition coefficient (Wildman–Crippen LogP) is 2.04. The largest absolute Gasteiger partial charge is 0.243 e. The van der Waals surface area contributed by atoms with Crippen molar-refractivity contribution in [2.24, 2.45) is 0 Å². The molecule has 21 heavy (non-hydrogen) atoms. The highest BCUT2D eigenvalue weighted by molar-refractivity contribution is 9.10. The zero-order chi connectivity index (χ0) is 15.9. The molecule has 1 aliphatic rings. The molecule has 0 radical (unpaired) electrons. The number of hydrogen-bond acceptors (Lipinski definition) is 4. The molecule has 0 aliphatic carbocycles. The van der Waals surface area contributed by atoms with E-state index in [-0.39, 0.29) is 22.9 Å². The molecule has 0 aromatic heterocycles. The van der Waals surface area contributed by atoms with Crippen LogP contribution < -0.4 is 0 Å². The number of rotatable bonds is 4. The van der Waals surface area contributed by atoms with Gasteiger partial charge >= 0.3 is 0 Å². The quantitative estimate of drug-likeness (QED) is 0.781. The van der Waals surface area contributed by atoms with E-state index in [0.717, 1.165) is 4.47 Å². The van der Waals surface area contributed by atoms with Crippen LogP contribution in [0.15, 0.2) is 33.6 Å². The van der Waals surface area contributed by atoms with Gasteiger partial charge in [0.2, 0.25) is 10.0 Å². The Balaban J connectivity index is 2.43. The molecule has 1 saturated heterocycles. The van der Waals surface area contributed by atoms with E-state index in [1.54, 1.807) is 26.0 Å². The summed E-state index contributed by atoms with van der Waals surface area (Å²) in [6.07, 6.45) is 0.332. The van der Waals surface area contributed by atoms with Crippen molar-refractivity contribution in [1.82, 2.24) is 4.31 Å². The summed E-state index contributed by atoms with van der Waals surface area (Å²) in [6, 6.07) is 6.37. The molecule has 0 amide bonds. The molecule has 1 aromatic carbocycles. The van der Waals surface area contributed by atoms with Crippen LogP contribution in [0.5, 0.6) is 0 Å². The van der Waals surface area contributed by atoms with E-state index < -0.39 is 25.4 Å². The molecule has 1 heterocycles. The Morgan fingerprint density at radius 3 is 2.29 bits per heavy atom. The van der Waals surface area contributed by atoms with E-state index >= 15 is 0 Å². The third-order valence-electron chi connectivity index (χ3n) is 3.77. The average molecular weight is 396 g/mol. The molecule has 0 spiro atoms. The molecule has 8 heteroatoms. The molecule has 1 aromatic rings. The fourth-order valence-electron chi connectivity index (χ4n) is 2.77. The van der Waals surface area contributed by atoms with Gasteiger partial charge in [-0.3, -0.25) is 0 Å². The lowest BCUT2D eigenvalue weighted by atomic mass is 10.0. The Morgan fingerprint density at radius 1 is 1.29 bits per heavy atom. The topological polar surface area (TPSA) is 71.5 Å². The van der Waals surface area contributed by atoms with E-state index in [1.165, 1.54) is 16.4 Å². The fourth-order valence-corrected chi connectivity index (χ4v) is 7.07. The first kappa shape index (κ1) is 16.9. The Labute approximate surface area is 134 Å². The summed E-state index contributed by atoms with van der Waals surface area (Å²) in [7, 11) is -6.88. The lowest BCUT2D eigenvalue weighted by Crippen LogP contribution is -2.50. The number of nitrogens with zero attached hydrogens (tertiary/aromatic N) is 1. The summed E-state index contributed by atoms with van der Waals surface area (Å²) in [4.78, 5) is 0.179. The van der Waals surface area contributed by atoms with Crippen molar-refractivity contribution in [2.45, 2.75) is 30.7 Å². The third kappa shape index (κ3) is 3.33. The number of sulfonamides is 1. The van der Waals surface area contributed by atoms with Crippen LogP contribution >= 0.6 is 15.9 Å². The lowest BCUT2D eigenvalue weighted by Gasteiger charge is -2.35. The minimum atomic E-state index is -3.71. The van der Waals surface area contributed by atoms with Crippen molar-refractivity contribution < 1.29 is 16.8 Å².